The van der Waals surface area contributed by atoms with E-state index in [1.165, 1.54) is 11.3 Å². The summed E-state index contributed by atoms with van der Waals surface area (Å²) < 4.78 is 5.16. The molecule has 0 aromatic carbocycles. The molecule has 6 heteroatoms. The summed E-state index contributed by atoms with van der Waals surface area (Å²) in [5.41, 5.74) is 0.482. The topological polar surface area (TPSA) is 42.4 Å². The fourth-order valence-electron chi connectivity index (χ4n) is 1.98. The Morgan fingerprint density at radius 3 is 3.29 bits per heavy atom. The highest BCUT2D eigenvalue weighted by atomic mass is 35.5. The summed E-state index contributed by atoms with van der Waals surface area (Å²) in [6, 6.07) is 0. The summed E-state index contributed by atoms with van der Waals surface area (Å²) in [4.78, 5) is 17.9. The zero-order valence-electron chi connectivity index (χ0n) is 9.69. The molecule has 0 saturated carbocycles. The Morgan fingerprint density at radius 2 is 2.59 bits per heavy atom. The molecular formula is C11H15ClN2O2S. The van der Waals surface area contributed by atoms with Gasteiger partial charge in [-0.05, 0) is 6.42 Å². The summed E-state index contributed by atoms with van der Waals surface area (Å²) >= 11 is 7.01. The number of aromatic nitrogens is 1. The first-order valence-corrected chi connectivity index (χ1v) is 6.94. The van der Waals surface area contributed by atoms with Crippen LogP contribution in [0.1, 0.15) is 16.9 Å². The molecule has 0 spiro atoms. The summed E-state index contributed by atoms with van der Waals surface area (Å²) in [6.07, 6.45) is 1.12. The van der Waals surface area contributed by atoms with Gasteiger partial charge in [-0.1, -0.05) is 0 Å². The smallest absolute Gasteiger partial charge is 0.196 e. The average molecular weight is 275 g/mol. The molecule has 4 nitrogen and oxygen atoms in total. The van der Waals surface area contributed by atoms with Crippen molar-refractivity contribution in [2.24, 2.45) is 5.92 Å². The summed E-state index contributed by atoms with van der Waals surface area (Å²) in [7, 11) is 1.73. The lowest BCUT2D eigenvalue weighted by atomic mass is 10.1. The van der Waals surface area contributed by atoms with Gasteiger partial charge in [-0.2, -0.15) is 0 Å². The number of carbonyl (C=O) groups is 1. The van der Waals surface area contributed by atoms with Gasteiger partial charge in [-0.3, -0.25) is 4.79 Å². The Morgan fingerprint density at radius 1 is 1.76 bits per heavy atom. The van der Waals surface area contributed by atoms with Gasteiger partial charge in [0.15, 0.2) is 10.9 Å². The zero-order chi connectivity index (χ0) is 12.3. The molecule has 1 aromatic heterocycles. The van der Waals surface area contributed by atoms with E-state index in [1.54, 1.807) is 12.5 Å². The number of hydrogen-bond acceptors (Lipinski definition) is 5. The van der Waals surface area contributed by atoms with Gasteiger partial charge in [0.05, 0.1) is 12.5 Å². The van der Waals surface area contributed by atoms with E-state index in [-0.39, 0.29) is 11.7 Å². The molecule has 1 unspecified atom stereocenters. The predicted molar refractivity (Wildman–Crippen MR) is 69.4 cm³/mol. The summed E-state index contributed by atoms with van der Waals surface area (Å²) in [5, 5.41) is 2.70. The number of thiazole rings is 1. The quantitative estimate of drug-likeness (QED) is 0.609. The van der Waals surface area contributed by atoms with Crippen molar-refractivity contribution in [2.75, 3.05) is 37.6 Å². The summed E-state index contributed by atoms with van der Waals surface area (Å²) in [6.45, 7) is 2.72. The Balaban J connectivity index is 1.99. The normalized spacial score (nSPS) is 19.9. The Bertz CT molecular complexity index is 397. The minimum atomic E-state index is -0.109. The SMILES string of the molecule is COCC1CCN(c2nc(C(=O)CCl)cs2)C1. The maximum absolute atomic E-state index is 11.4. The van der Waals surface area contributed by atoms with E-state index in [9.17, 15) is 4.79 Å². The van der Waals surface area contributed by atoms with Crippen molar-refractivity contribution < 1.29 is 9.53 Å². The molecule has 1 fully saturated rings. The lowest BCUT2D eigenvalue weighted by Crippen LogP contribution is -2.21. The predicted octanol–water partition coefficient (Wildman–Crippen LogP) is 2.04. The lowest BCUT2D eigenvalue weighted by molar-refractivity contribution is 0.101. The molecular weight excluding hydrogens is 260 g/mol. The first-order chi connectivity index (χ1) is 8.24. The van der Waals surface area contributed by atoms with E-state index in [0.717, 1.165) is 31.2 Å². The number of ether oxygens (including phenoxy) is 1. The molecule has 1 aromatic rings. The molecule has 0 N–H and O–H groups in total. The molecule has 1 aliphatic heterocycles. The molecule has 0 aliphatic carbocycles. The standard InChI is InChI=1S/C11H15ClN2O2S/c1-16-6-8-2-3-14(5-8)11-13-9(7-17-11)10(15)4-12/h7-8H,2-6H2,1H3. The van der Waals surface area contributed by atoms with E-state index >= 15 is 0 Å². The number of halogens is 1. The van der Waals surface area contributed by atoms with Crippen LogP contribution in [0.2, 0.25) is 0 Å². The van der Waals surface area contributed by atoms with Crippen LogP contribution < -0.4 is 4.90 Å². The highest BCUT2D eigenvalue weighted by molar-refractivity contribution is 7.14. The van der Waals surface area contributed by atoms with E-state index in [4.69, 9.17) is 16.3 Å². The molecule has 1 atom stereocenters. The third kappa shape index (κ3) is 2.97. The third-order valence-electron chi connectivity index (χ3n) is 2.86. The molecule has 0 radical (unpaired) electrons. The fourth-order valence-corrected chi connectivity index (χ4v) is 2.99. The lowest BCUT2D eigenvalue weighted by Gasteiger charge is -2.14. The monoisotopic (exact) mass is 274 g/mol. The first-order valence-electron chi connectivity index (χ1n) is 5.53. The van der Waals surface area contributed by atoms with Gasteiger partial charge in [-0.25, -0.2) is 4.98 Å². The van der Waals surface area contributed by atoms with Crippen molar-refractivity contribution in [2.45, 2.75) is 6.42 Å². The number of carbonyl (C=O) groups excluding carboxylic acids is 1. The molecule has 1 aliphatic rings. The minimum absolute atomic E-state index is 0.00449. The molecule has 94 valence electrons. The highest BCUT2D eigenvalue weighted by Crippen LogP contribution is 2.27. The Labute approximate surface area is 110 Å². The third-order valence-corrected chi connectivity index (χ3v) is 4.00. The first kappa shape index (κ1) is 12.8. The number of methoxy groups -OCH3 is 1. The van der Waals surface area contributed by atoms with Gasteiger partial charge >= 0.3 is 0 Å². The molecule has 0 bridgehead atoms. The van der Waals surface area contributed by atoms with Gasteiger partial charge in [0.25, 0.3) is 0 Å². The maximum Gasteiger partial charge on any atom is 0.196 e. The number of hydrogen-bond donors (Lipinski definition) is 0. The Hall–Kier alpha value is -0.650. The van der Waals surface area contributed by atoms with Gasteiger partial charge in [0.2, 0.25) is 0 Å². The van der Waals surface area contributed by atoms with Gasteiger partial charge in [0.1, 0.15) is 5.69 Å². The molecule has 0 amide bonds. The summed E-state index contributed by atoms with van der Waals surface area (Å²) in [5.74, 6) is 0.452. The van der Waals surface area contributed by atoms with Crippen LogP contribution in [0.3, 0.4) is 0 Å². The Kier molecular flexibility index (Phi) is 4.36. The number of anilines is 1. The second-order valence-electron chi connectivity index (χ2n) is 4.13. The number of Topliss-reactive ketones (excluding diaryl/α,β-unsaturated/α-hetero) is 1. The van der Waals surface area contributed by atoms with Crippen molar-refractivity contribution in [3.8, 4) is 0 Å². The van der Waals surface area contributed by atoms with Crippen LogP contribution in [0.25, 0.3) is 0 Å². The van der Waals surface area contributed by atoms with Crippen molar-refractivity contribution in [1.82, 2.24) is 4.98 Å². The average Bonchev–Trinajstić information content (AvgIpc) is 2.96. The zero-order valence-corrected chi connectivity index (χ0v) is 11.3. The van der Waals surface area contributed by atoms with E-state index in [2.05, 4.69) is 9.88 Å². The second-order valence-corrected chi connectivity index (χ2v) is 5.23. The molecule has 1 saturated heterocycles. The van der Waals surface area contributed by atoms with Crippen LogP contribution in [0.4, 0.5) is 5.13 Å². The number of ketones is 1. The van der Waals surface area contributed by atoms with Crippen LogP contribution in [0, 0.1) is 5.92 Å². The highest BCUT2D eigenvalue weighted by Gasteiger charge is 2.24. The second kappa shape index (κ2) is 5.80. The van der Waals surface area contributed by atoms with Gasteiger partial charge < -0.3 is 9.64 Å². The van der Waals surface area contributed by atoms with Crippen LogP contribution in [0.15, 0.2) is 5.38 Å². The largest absolute Gasteiger partial charge is 0.384 e. The van der Waals surface area contributed by atoms with Crippen molar-refractivity contribution in [3.05, 3.63) is 11.1 Å². The van der Waals surface area contributed by atoms with E-state index < -0.39 is 0 Å². The fraction of sp³-hybridized carbons (Fsp3) is 0.636. The van der Waals surface area contributed by atoms with E-state index in [0.29, 0.717) is 11.6 Å². The maximum atomic E-state index is 11.4. The van der Waals surface area contributed by atoms with Crippen molar-refractivity contribution >= 4 is 33.9 Å². The van der Waals surface area contributed by atoms with Crippen LogP contribution in [-0.4, -0.2) is 43.5 Å². The minimum Gasteiger partial charge on any atom is -0.384 e. The van der Waals surface area contributed by atoms with Gasteiger partial charge in [-0.15, -0.1) is 22.9 Å². The van der Waals surface area contributed by atoms with Crippen LogP contribution >= 0.6 is 22.9 Å². The van der Waals surface area contributed by atoms with Crippen LogP contribution in [-0.2, 0) is 4.74 Å². The van der Waals surface area contributed by atoms with Crippen LogP contribution in [0.5, 0.6) is 0 Å². The number of nitrogens with zero attached hydrogens (tertiary/aromatic N) is 2. The van der Waals surface area contributed by atoms with E-state index in [1.807, 2.05) is 0 Å². The molecule has 17 heavy (non-hydrogen) atoms. The molecule has 2 heterocycles. The molecule has 2 rings (SSSR count). The van der Waals surface area contributed by atoms with Crippen molar-refractivity contribution in [1.29, 1.82) is 0 Å². The number of rotatable bonds is 5. The number of alkyl halides is 1. The van der Waals surface area contributed by atoms with Gasteiger partial charge in [0, 0.05) is 31.5 Å². The van der Waals surface area contributed by atoms with Crippen molar-refractivity contribution in [3.63, 3.8) is 0 Å².